The van der Waals surface area contributed by atoms with Crippen LogP contribution in [0.3, 0.4) is 0 Å². The molecule has 1 heterocycles. The summed E-state index contributed by atoms with van der Waals surface area (Å²) in [5.74, 6) is 0.923. The molecule has 0 amide bonds. The number of ether oxygens (including phenoxy) is 1. The minimum atomic E-state index is 0. The SMILES string of the molecule is CN=C(NCCOC)N1CCc2ccccc21.I. The van der Waals surface area contributed by atoms with Gasteiger partial charge in [0, 0.05) is 32.9 Å². The number of benzene rings is 1. The lowest BCUT2D eigenvalue weighted by molar-refractivity contribution is 0.204. The molecule has 0 saturated carbocycles. The van der Waals surface area contributed by atoms with Crippen molar-refractivity contribution in [3.63, 3.8) is 0 Å². The fourth-order valence-electron chi connectivity index (χ4n) is 2.12. The zero-order valence-corrected chi connectivity index (χ0v) is 13.2. The number of anilines is 1. The van der Waals surface area contributed by atoms with Crippen molar-refractivity contribution in [3.8, 4) is 0 Å². The number of guanidine groups is 1. The van der Waals surface area contributed by atoms with Crippen molar-refractivity contribution in [2.75, 3.05) is 38.8 Å². The summed E-state index contributed by atoms with van der Waals surface area (Å²) >= 11 is 0. The second kappa shape index (κ2) is 7.58. The Bertz CT molecular complexity index is 409. The highest BCUT2D eigenvalue weighted by Crippen LogP contribution is 2.27. The molecule has 0 unspecified atom stereocenters. The van der Waals surface area contributed by atoms with E-state index in [1.807, 2.05) is 7.05 Å². The van der Waals surface area contributed by atoms with Crippen LogP contribution >= 0.6 is 24.0 Å². The zero-order chi connectivity index (χ0) is 12.1. The van der Waals surface area contributed by atoms with Crippen LogP contribution in [-0.2, 0) is 11.2 Å². The van der Waals surface area contributed by atoms with E-state index in [1.54, 1.807) is 7.11 Å². The number of para-hydroxylation sites is 1. The van der Waals surface area contributed by atoms with Crippen molar-refractivity contribution in [2.24, 2.45) is 4.99 Å². The number of hydrogen-bond acceptors (Lipinski definition) is 2. The van der Waals surface area contributed by atoms with Crippen LogP contribution < -0.4 is 10.2 Å². The van der Waals surface area contributed by atoms with Gasteiger partial charge in [-0.25, -0.2) is 0 Å². The van der Waals surface area contributed by atoms with Gasteiger partial charge in [0.2, 0.25) is 0 Å². The van der Waals surface area contributed by atoms with Crippen molar-refractivity contribution in [1.29, 1.82) is 0 Å². The Labute approximate surface area is 125 Å². The third kappa shape index (κ3) is 3.35. The highest BCUT2D eigenvalue weighted by Gasteiger charge is 2.21. The van der Waals surface area contributed by atoms with Crippen molar-refractivity contribution in [2.45, 2.75) is 6.42 Å². The zero-order valence-electron chi connectivity index (χ0n) is 10.8. The lowest BCUT2D eigenvalue weighted by atomic mass is 10.2. The van der Waals surface area contributed by atoms with Crippen LogP contribution in [0, 0.1) is 0 Å². The Kier molecular flexibility index (Phi) is 6.42. The third-order valence-electron chi connectivity index (χ3n) is 2.94. The van der Waals surface area contributed by atoms with Crippen molar-refractivity contribution in [1.82, 2.24) is 5.32 Å². The Morgan fingerprint density at radius 2 is 2.22 bits per heavy atom. The van der Waals surface area contributed by atoms with Gasteiger partial charge in [-0.2, -0.15) is 0 Å². The van der Waals surface area contributed by atoms with Gasteiger partial charge in [-0.3, -0.25) is 4.99 Å². The van der Waals surface area contributed by atoms with E-state index in [4.69, 9.17) is 4.74 Å². The fourth-order valence-corrected chi connectivity index (χ4v) is 2.12. The van der Waals surface area contributed by atoms with Crippen LogP contribution in [0.2, 0.25) is 0 Å². The quantitative estimate of drug-likeness (QED) is 0.387. The Hall–Kier alpha value is -0.820. The molecule has 4 nitrogen and oxygen atoms in total. The molecule has 0 aliphatic carbocycles. The van der Waals surface area contributed by atoms with Gasteiger partial charge in [0.05, 0.1) is 6.61 Å². The van der Waals surface area contributed by atoms with Crippen LogP contribution in [0.15, 0.2) is 29.3 Å². The van der Waals surface area contributed by atoms with E-state index in [0.717, 1.165) is 25.5 Å². The van der Waals surface area contributed by atoms with E-state index in [9.17, 15) is 0 Å². The van der Waals surface area contributed by atoms with Gasteiger partial charge in [-0.15, -0.1) is 24.0 Å². The predicted octanol–water partition coefficient (Wildman–Crippen LogP) is 1.89. The minimum Gasteiger partial charge on any atom is -0.383 e. The summed E-state index contributed by atoms with van der Waals surface area (Å²) < 4.78 is 5.03. The summed E-state index contributed by atoms with van der Waals surface area (Å²) in [7, 11) is 3.52. The number of halogens is 1. The van der Waals surface area contributed by atoms with Gasteiger partial charge in [0.25, 0.3) is 0 Å². The van der Waals surface area contributed by atoms with Crippen LogP contribution in [0.5, 0.6) is 0 Å². The van der Waals surface area contributed by atoms with Gasteiger partial charge in [0.1, 0.15) is 0 Å². The summed E-state index contributed by atoms with van der Waals surface area (Å²) in [4.78, 5) is 6.54. The molecule has 1 aliphatic rings. The molecule has 0 radical (unpaired) electrons. The lowest BCUT2D eigenvalue weighted by Crippen LogP contribution is -2.41. The number of fused-ring (bicyclic) bond motifs is 1. The minimum absolute atomic E-state index is 0. The van der Waals surface area contributed by atoms with Crippen LogP contribution in [0.1, 0.15) is 5.56 Å². The lowest BCUT2D eigenvalue weighted by Gasteiger charge is -2.22. The maximum Gasteiger partial charge on any atom is 0.198 e. The van der Waals surface area contributed by atoms with Gasteiger partial charge in [0.15, 0.2) is 5.96 Å². The number of hydrogen-bond donors (Lipinski definition) is 1. The topological polar surface area (TPSA) is 36.9 Å². The van der Waals surface area contributed by atoms with Crippen molar-refractivity contribution < 1.29 is 4.74 Å². The summed E-state index contributed by atoms with van der Waals surface area (Å²) in [5.41, 5.74) is 2.65. The molecular formula is C13H20IN3O. The first-order valence-electron chi connectivity index (χ1n) is 5.92. The molecule has 0 spiro atoms. The molecular weight excluding hydrogens is 341 g/mol. The van der Waals surface area contributed by atoms with E-state index in [-0.39, 0.29) is 24.0 Å². The molecule has 0 fully saturated rings. The molecule has 1 aliphatic heterocycles. The highest BCUT2D eigenvalue weighted by atomic mass is 127. The Morgan fingerprint density at radius 3 is 2.94 bits per heavy atom. The number of methoxy groups -OCH3 is 1. The summed E-state index contributed by atoms with van der Waals surface area (Å²) in [6, 6.07) is 8.48. The molecule has 1 aromatic rings. The molecule has 1 aromatic carbocycles. The van der Waals surface area contributed by atoms with Gasteiger partial charge >= 0.3 is 0 Å². The van der Waals surface area contributed by atoms with E-state index in [2.05, 4.69) is 39.5 Å². The fraction of sp³-hybridized carbons (Fsp3) is 0.462. The molecule has 0 aromatic heterocycles. The first-order valence-corrected chi connectivity index (χ1v) is 5.92. The molecule has 0 bridgehead atoms. The van der Waals surface area contributed by atoms with Crippen molar-refractivity contribution in [3.05, 3.63) is 29.8 Å². The Morgan fingerprint density at radius 1 is 1.44 bits per heavy atom. The van der Waals surface area contributed by atoms with Crippen molar-refractivity contribution >= 4 is 35.6 Å². The average Bonchev–Trinajstić information content (AvgIpc) is 2.79. The maximum atomic E-state index is 5.03. The second-order valence-electron chi connectivity index (χ2n) is 4.00. The van der Waals surface area contributed by atoms with Crippen LogP contribution in [-0.4, -0.2) is 39.8 Å². The molecule has 18 heavy (non-hydrogen) atoms. The number of aliphatic imine (C=N–C) groups is 1. The average molecular weight is 361 g/mol. The summed E-state index contributed by atoms with van der Waals surface area (Å²) in [6.07, 6.45) is 1.08. The molecule has 2 rings (SSSR count). The molecule has 1 N–H and O–H groups in total. The smallest absolute Gasteiger partial charge is 0.198 e. The molecule has 0 atom stereocenters. The van der Waals surface area contributed by atoms with E-state index in [0.29, 0.717) is 6.61 Å². The highest BCUT2D eigenvalue weighted by molar-refractivity contribution is 14.0. The predicted molar refractivity (Wildman–Crippen MR) is 86.1 cm³/mol. The van der Waals surface area contributed by atoms with Gasteiger partial charge in [-0.1, -0.05) is 18.2 Å². The van der Waals surface area contributed by atoms with Crippen LogP contribution in [0.4, 0.5) is 5.69 Å². The monoisotopic (exact) mass is 361 g/mol. The standard InChI is InChI=1S/C13H19N3O.HI/c1-14-13(15-8-10-17-2)16-9-7-11-5-3-4-6-12(11)16;/h3-6H,7-10H2,1-2H3,(H,14,15);1H. The Balaban J connectivity index is 0.00000162. The van der Waals surface area contributed by atoms with Gasteiger partial charge in [-0.05, 0) is 18.1 Å². The normalized spacial score (nSPS) is 14.1. The van der Waals surface area contributed by atoms with E-state index in [1.165, 1.54) is 11.3 Å². The largest absolute Gasteiger partial charge is 0.383 e. The van der Waals surface area contributed by atoms with E-state index >= 15 is 0 Å². The summed E-state index contributed by atoms with van der Waals surface area (Å²) in [6.45, 7) is 2.46. The first-order chi connectivity index (χ1) is 8.36. The van der Waals surface area contributed by atoms with E-state index < -0.39 is 0 Å². The third-order valence-corrected chi connectivity index (χ3v) is 2.94. The summed E-state index contributed by atoms with van der Waals surface area (Å²) in [5, 5.41) is 3.30. The van der Waals surface area contributed by atoms with Crippen LogP contribution in [0.25, 0.3) is 0 Å². The van der Waals surface area contributed by atoms with Gasteiger partial charge < -0.3 is 15.0 Å². The molecule has 100 valence electrons. The molecule has 0 saturated heterocycles. The number of rotatable bonds is 3. The molecule has 5 heteroatoms. The second-order valence-corrected chi connectivity index (χ2v) is 4.00. The number of nitrogens with zero attached hydrogens (tertiary/aromatic N) is 2. The first kappa shape index (κ1) is 15.2. The number of nitrogens with one attached hydrogen (secondary N) is 1. The maximum absolute atomic E-state index is 5.03.